The van der Waals surface area contributed by atoms with E-state index in [9.17, 15) is 0 Å². The van der Waals surface area contributed by atoms with Crippen molar-refractivity contribution in [2.24, 2.45) is 5.92 Å². The molecule has 0 saturated carbocycles. The summed E-state index contributed by atoms with van der Waals surface area (Å²) in [6.07, 6.45) is 1.03. The number of aryl methyl sites for hydroxylation is 1. The molecule has 0 saturated heterocycles. The first-order chi connectivity index (χ1) is 18.9. The first kappa shape index (κ1) is 31.0. The van der Waals surface area contributed by atoms with Gasteiger partial charge in [-0.05, 0) is 82.0 Å². The topological polar surface area (TPSA) is 18.5 Å². The average Bonchev–Trinajstić information content (AvgIpc) is 2.93. The van der Waals surface area contributed by atoms with Crippen LogP contribution in [-0.2, 0) is 23.9 Å². The highest BCUT2D eigenvalue weighted by Gasteiger charge is 2.24. The number of benzene rings is 4. The summed E-state index contributed by atoms with van der Waals surface area (Å²) in [6.45, 7) is 20.5. The largest absolute Gasteiger partial charge is 0.489 e. The van der Waals surface area contributed by atoms with Crippen molar-refractivity contribution in [2.45, 2.75) is 86.2 Å². The van der Waals surface area contributed by atoms with Crippen LogP contribution in [0, 0.1) is 5.92 Å². The van der Waals surface area contributed by atoms with Gasteiger partial charge in [0.05, 0.1) is 0 Å². The second-order valence-corrected chi connectivity index (χ2v) is 12.7. The Kier molecular flexibility index (Phi) is 10.6. The molecule has 0 heterocycles. The maximum atomic E-state index is 6.06. The Morgan fingerprint density at radius 3 is 1.32 bits per heavy atom. The number of rotatable bonds is 8. The Morgan fingerprint density at radius 2 is 0.900 bits per heavy atom. The molecule has 0 bridgehead atoms. The van der Waals surface area contributed by atoms with Crippen LogP contribution in [0.2, 0.25) is 0 Å². The summed E-state index contributed by atoms with van der Waals surface area (Å²) in [6, 6.07) is 33.8. The van der Waals surface area contributed by atoms with E-state index in [-0.39, 0.29) is 10.8 Å². The van der Waals surface area contributed by atoms with Gasteiger partial charge in [-0.25, -0.2) is 0 Å². The molecule has 0 radical (unpaired) electrons. The van der Waals surface area contributed by atoms with Crippen LogP contribution in [0.15, 0.2) is 97.1 Å². The summed E-state index contributed by atoms with van der Waals surface area (Å²) in [5, 5.41) is 0. The van der Waals surface area contributed by atoms with E-state index in [4.69, 9.17) is 9.47 Å². The molecule has 0 unspecified atom stereocenters. The van der Waals surface area contributed by atoms with E-state index in [2.05, 4.69) is 135 Å². The van der Waals surface area contributed by atoms with Crippen LogP contribution in [-0.4, -0.2) is 0 Å². The number of ether oxygens (including phenoxy) is 2. The van der Waals surface area contributed by atoms with E-state index < -0.39 is 0 Å². The minimum absolute atomic E-state index is 0.0817. The summed E-state index contributed by atoms with van der Waals surface area (Å²) >= 11 is 0. The van der Waals surface area contributed by atoms with Crippen molar-refractivity contribution >= 4 is 0 Å². The number of hydrogen-bond acceptors (Lipinski definition) is 2. The van der Waals surface area contributed by atoms with Gasteiger partial charge in [0.1, 0.15) is 23.9 Å². The molecular weight excluding hydrogens is 488 g/mol. The molecule has 212 valence electrons. The average molecular weight is 537 g/mol. The minimum Gasteiger partial charge on any atom is -0.489 e. The minimum atomic E-state index is -0.0817. The third kappa shape index (κ3) is 9.01. The fourth-order valence-corrected chi connectivity index (χ4v) is 4.27. The van der Waals surface area contributed by atoms with Gasteiger partial charge in [0.25, 0.3) is 0 Å². The Hall–Kier alpha value is -3.52. The molecule has 0 atom stereocenters. The summed E-state index contributed by atoms with van der Waals surface area (Å²) < 4.78 is 12.0. The van der Waals surface area contributed by atoms with Crippen LogP contribution in [0.25, 0.3) is 0 Å². The molecule has 0 N–H and O–H groups in total. The summed E-state index contributed by atoms with van der Waals surface area (Å²) in [4.78, 5) is 0. The molecule has 0 aliphatic rings. The summed E-state index contributed by atoms with van der Waals surface area (Å²) in [5.41, 5.74) is 6.43. The maximum Gasteiger partial charge on any atom is 0.127 e. The highest BCUT2D eigenvalue weighted by atomic mass is 16.5. The standard InChI is InChI=1S/C34H38O2.C4H10/c1-7-25-8-18-31(19-9-25)36-32-20-10-26(11-21-32)24-35-30-22-16-29(17-23-30)34(5,6)28-14-12-27(13-15-28)33(2,3)4;1-4(2)3/h8-23H,7,24H2,1-6H3;4H,1-3H3. The zero-order valence-corrected chi connectivity index (χ0v) is 26.0. The fourth-order valence-electron chi connectivity index (χ4n) is 4.27. The highest BCUT2D eigenvalue weighted by Crippen LogP contribution is 2.34. The van der Waals surface area contributed by atoms with Crippen LogP contribution in [0.3, 0.4) is 0 Å². The number of hydrogen-bond donors (Lipinski definition) is 0. The molecule has 0 fully saturated rings. The SMILES string of the molecule is CC(C)C.CCc1ccc(Oc2ccc(COc3ccc(C(C)(C)c4ccc(C(C)(C)C)cc4)cc3)cc2)cc1. The predicted octanol–water partition coefficient (Wildman–Crippen LogP) is 10.9. The van der Waals surface area contributed by atoms with Gasteiger partial charge in [0.15, 0.2) is 0 Å². The van der Waals surface area contributed by atoms with Crippen LogP contribution < -0.4 is 9.47 Å². The normalized spacial score (nSPS) is 11.6. The molecule has 4 aromatic rings. The van der Waals surface area contributed by atoms with Gasteiger partial charge in [0, 0.05) is 5.41 Å². The first-order valence-electron chi connectivity index (χ1n) is 14.6. The highest BCUT2D eigenvalue weighted by molar-refractivity contribution is 5.42. The third-order valence-corrected chi connectivity index (χ3v) is 6.94. The molecular formula is C38H48O2. The van der Waals surface area contributed by atoms with Crippen LogP contribution >= 0.6 is 0 Å². The van der Waals surface area contributed by atoms with Crippen LogP contribution in [0.1, 0.15) is 90.1 Å². The zero-order chi connectivity index (χ0) is 29.3. The molecule has 0 amide bonds. The van der Waals surface area contributed by atoms with E-state index in [1.165, 1.54) is 22.3 Å². The van der Waals surface area contributed by atoms with Crippen molar-refractivity contribution in [1.29, 1.82) is 0 Å². The Balaban J connectivity index is 0.00000103. The molecule has 4 rings (SSSR count). The van der Waals surface area contributed by atoms with Crippen molar-refractivity contribution in [3.05, 3.63) is 125 Å². The lowest BCUT2D eigenvalue weighted by Crippen LogP contribution is -2.19. The Morgan fingerprint density at radius 1 is 0.525 bits per heavy atom. The lowest BCUT2D eigenvalue weighted by molar-refractivity contribution is 0.306. The van der Waals surface area contributed by atoms with Gasteiger partial charge in [0.2, 0.25) is 0 Å². The predicted molar refractivity (Wildman–Crippen MR) is 171 cm³/mol. The van der Waals surface area contributed by atoms with E-state index in [0.717, 1.165) is 35.2 Å². The second-order valence-electron chi connectivity index (χ2n) is 12.7. The van der Waals surface area contributed by atoms with Crippen molar-refractivity contribution in [3.8, 4) is 17.2 Å². The molecule has 0 aliphatic carbocycles. The lowest BCUT2D eigenvalue weighted by Gasteiger charge is -2.28. The van der Waals surface area contributed by atoms with Gasteiger partial charge >= 0.3 is 0 Å². The molecule has 2 heteroatoms. The van der Waals surface area contributed by atoms with Crippen LogP contribution in [0.4, 0.5) is 0 Å². The summed E-state index contributed by atoms with van der Waals surface area (Å²) in [7, 11) is 0. The Bertz CT molecular complexity index is 1290. The van der Waals surface area contributed by atoms with Crippen molar-refractivity contribution in [1.82, 2.24) is 0 Å². The molecule has 40 heavy (non-hydrogen) atoms. The van der Waals surface area contributed by atoms with Crippen molar-refractivity contribution in [2.75, 3.05) is 0 Å². The van der Waals surface area contributed by atoms with Crippen LogP contribution in [0.5, 0.6) is 17.2 Å². The second kappa shape index (κ2) is 13.7. The van der Waals surface area contributed by atoms with Crippen molar-refractivity contribution < 1.29 is 9.47 Å². The molecule has 0 aromatic heterocycles. The zero-order valence-electron chi connectivity index (χ0n) is 26.0. The Labute approximate surface area is 243 Å². The fraction of sp³-hybridized carbons (Fsp3) is 0.368. The quantitative estimate of drug-likeness (QED) is 0.223. The maximum absolute atomic E-state index is 6.06. The van der Waals surface area contributed by atoms with E-state index in [1.54, 1.807) is 0 Å². The van der Waals surface area contributed by atoms with E-state index in [0.29, 0.717) is 6.61 Å². The van der Waals surface area contributed by atoms with E-state index >= 15 is 0 Å². The molecule has 4 aromatic carbocycles. The van der Waals surface area contributed by atoms with Gasteiger partial charge in [-0.3, -0.25) is 0 Å². The van der Waals surface area contributed by atoms with Gasteiger partial charge < -0.3 is 9.47 Å². The monoisotopic (exact) mass is 536 g/mol. The van der Waals surface area contributed by atoms with Gasteiger partial charge in [-0.2, -0.15) is 0 Å². The molecule has 0 spiro atoms. The third-order valence-electron chi connectivity index (χ3n) is 6.94. The lowest BCUT2D eigenvalue weighted by atomic mass is 9.77. The first-order valence-corrected chi connectivity index (χ1v) is 14.6. The molecule has 2 nitrogen and oxygen atoms in total. The smallest absolute Gasteiger partial charge is 0.127 e. The van der Waals surface area contributed by atoms with Gasteiger partial charge in [-0.15, -0.1) is 0 Å². The van der Waals surface area contributed by atoms with E-state index in [1.807, 2.05) is 24.3 Å². The molecule has 0 aliphatic heterocycles. The summed E-state index contributed by atoms with van der Waals surface area (Å²) in [5.74, 6) is 3.38. The van der Waals surface area contributed by atoms with Gasteiger partial charge in [-0.1, -0.05) is 123 Å². The van der Waals surface area contributed by atoms with Crippen molar-refractivity contribution in [3.63, 3.8) is 0 Å².